The highest BCUT2D eigenvalue weighted by molar-refractivity contribution is 9.10. The third-order valence-corrected chi connectivity index (χ3v) is 6.59. The van der Waals surface area contributed by atoms with E-state index < -0.39 is 0 Å². The van der Waals surface area contributed by atoms with Gasteiger partial charge in [0.25, 0.3) is 0 Å². The number of pyridine rings is 1. The zero-order valence-electron chi connectivity index (χ0n) is 17.3. The van der Waals surface area contributed by atoms with Crippen molar-refractivity contribution in [2.45, 2.75) is 32.7 Å². The molecule has 0 radical (unpaired) electrons. The predicted molar refractivity (Wildman–Crippen MR) is 124 cm³/mol. The number of allylic oxidation sites excluding steroid dienone is 1. The van der Waals surface area contributed by atoms with Crippen LogP contribution in [0, 0.1) is 5.41 Å². The molecule has 3 aromatic rings. The lowest BCUT2D eigenvalue weighted by Gasteiger charge is -2.40. The molecular weight excluding hydrogens is 440 g/mol. The van der Waals surface area contributed by atoms with Crippen molar-refractivity contribution in [1.82, 2.24) is 4.98 Å². The summed E-state index contributed by atoms with van der Waals surface area (Å²) < 4.78 is 6.62. The molecule has 0 saturated heterocycles. The summed E-state index contributed by atoms with van der Waals surface area (Å²) in [5.41, 5.74) is 5.96. The molecule has 1 aliphatic heterocycles. The number of nitrogens with zero attached hydrogens (tertiary/aromatic N) is 1. The molecule has 2 aliphatic rings. The lowest BCUT2D eigenvalue weighted by atomic mass is 9.68. The quantitative estimate of drug-likeness (QED) is 0.484. The number of hydrogen-bond donors (Lipinski definition) is 1. The maximum atomic E-state index is 13.5. The SMILES string of the molecule is COc1ccc(Br)cc1C1Nc2ccc3ncccc3c2C2=C1C(=O)CC(C)(C)C2. The van der Waals surface area contributed by atoms with Crippen molar-refractivity contribution in [3.05, 3.63) is 69.8 Å². The van der Waals surface area contributed by atoms with Crippen LogP contribution in [-0.2, 0) is 4.79 Å². The maximum absolute atomic E-state index is 13.5. The molecule has 0 saturated carbocycles. The van der Waals surface area contributed by atoms with Crippen LogP contribution in [0.1, 0.15) is 43.9 Å². The zero-order valence-corrected chi connectivity index (χ0v) is 18.8. The molecule has 0 bridgehead atoms. The number of aromatic nitrogens is 1. The van der Waals surface area contributed by atoms with Gasteiger partial charge in [0.05, 0.1) is 18.7 Å². The van der Waals surface area contributed by atoms with Crippen molar-refractivity contribution < 1.29 is 9.53 Å². The van der Waals surface area contributed by atoms with E-state index in [0.717, 1.165) is 55.5 Å². The summed E-state index contributed by atoms with van der Waals surface area (Å²) in [6, 6.07) is 13.9. The third-order valence-electron chi connectivity index (χ3n) is 6.10. The van der Waals surface area contributed by atoms with Crippen molar-refractivity contribution in [2.24, 2.45) is 5.41 Å². The first kappa shape index (κ1) is 19.3. The van der Waals surface area contributed by atoms with E-state index in [0.29, 0.717) is 6.42 Å². The van der Waals surface area contributed by atoms with Crippen LogP contribution >= 0.6 is 15.9 Å². The Morgan fingerprint density at radius 3 is 2.80 bits per heavy atom. The Bertz CT molecular complexity index is 1230. The number of nitrogens with one attached hydrogen (secondary N) is 1. The Balaban J connectivity index is 1.82. The molecule has 0 amide bonds. The van der Waals surface area contributed by atoms with Crippen LogP contribution in [0.5, 0.6) is 5.75 Å². The van der Waals surface area contributed by atoms with Gasteiger partial charge in [-0.15, -0.1) is 0 Å². The predicted octanol–water partition coefficient (Wildman–Crippen LogP) is 6.32. The van der Waals surface area contributed by atoms with E-state index in [1.807, 2.05) is 36.5 Å². The molecule has 4 nitrogen and oxygen atoms in total. The van der Waals surface area contributed by atoms with E-state index in [2.05, 4.69) is 52.2 Å². The van der Waals surface area contributed by atoms with Crippen molar-refractivity contribution in [1.29, 1.82) is 0 Å². The first-order chi connectivity index (χ1) is 14.4. The van der Waals surface area contributed by atoms with Crippen LogP contribution in [0.25, 0.3) is 16.5 Å². The second kappa shape index (κ2) is 6.95. The topological polar surface area (TPSA) is 51.2 Å². The molecule has 1 aromatic heterocycles. The molecule has 0 fully saturated rings. The van der Waals surface area contributed by atoms with E-state index in [1.54, 1.807) is 7.11 Å². The molecule has 30 heavy (non-hydrogen) atoms. The minimum Gasteiger partial charge on any atom is -0.496 e. The summed E-state index contributed by atoms with van der Waals surface area (Å²) in [6.07, 6.45) is 3.20. The van der Waals surface area contributed by atoms with Crippen LogP contribution < -0.4 is 10.1 Å². The van der Waals surface area contributed by atoms with E-state index >= 15 is 0 Å². The van der Waals surface area contributed by atoms with Crippen molar-refractivity contribution in [3.63, 3.8) is 0 Å². The van der Waals surface area contributed by atoms with Crippen LogP contribution in [0.2, 0.25) is 0 Å². The summed E-state index contributed by atoms with van der Waals surface area (Å²) in [5.74, 6) is 0.971. The van der Waals surface area contributed by atoms with Crippen LogP contribution in [0.3, 0.4) is 0 Å². The van der Waals surface area contributed by atoms with Gasteiger partial charge in [-0.1, -0.05) is 35.8 Å². The number of carbonyl (C=O) groups excluding carboxylic acids is 1. The highest BCUT2D eigenvalue weighted by Crippen LogP contribution is 2.52. The van der Waals surface area contributed by atoms with Crippen LogP contribution in [0.4, 0.5) is 5.69 Å². The van der Waals surface area contributed by atoms with E-state index in [9.17, 15) is 4.79 Å². The summed E-state index contributed by atoms with van der Waals surface area (Å²) in [6.45, 7) is 4.35. The lowest BCUT2D eigenvalue weighted by Crippen LogP contribution is -2.33. The fraction of sp³-hybridized carbons (Fsp3) is 0.280. The molecule has 152 valence electrons. The van der Waals surface area contributed by atoms with Gasteiger partial charge in [0.2, 0.25) is 0 Å². The molecule has 0 spiro atoms. The zero-order chi connectivity index (χ0) is 21.0. The molecule has 1 unspecified atom stereocenters. The Labute approximate surface area is 184 Å². The largest absolute Gasteiger partial charge is 0.496 e. The molecular formula is C25H23BrN2O2. The second-order valence-electron chi connectivity index (χ2n) is 8.86. The van der Waals surface area contributed by atoms with Gasteiger partial charge in [-0.3, -0.25) is 9.78 Å². The molecule has 2 heterocycles. The summed E-state index contributed by atoms with van der Waals surface area (Å²) in [5, 5.41) is 4.74. The van der Waals surface area contributed by atoms with Crippen LogP contribution in [-0.4, -0.2) is 17.9 Å². The van der Waals surface area contributed by atoms with E-state index in [1.165, 1.54) is 0 Å². The Morgan fingerprint density at radius 2 is 2.00 bits per heavy atom. The average Bonchev–Trinajstić information content (AvgIpc) is 2.71. The number of ketones is 1. The average molecular weight is 463 g/mol. The fourth-order valence-electron chi connectivity index (χ4n) is 4.88. The number of carbonyl (C=O) groups is 1. The molecule has 1 aliphatic carbocycles. The van der Waals surface area contributed by atoms with Crippen molar-refractivity contribution in [3.8, 4) is 5.75 Å². The fourth-order valence-corrected chi connectivity index (χ4v) is 5.26. The van der Waals surface area contributed by atoms with E-state index in [4.69, 9.17) is 4.74 Å². The van der Waals surface area contributed by atoms with Gasteiger partial charge >= 0.3 is 0 Å². The number of Topliss-reactive ketones (excluding diaryl/α,β-unsaturated/α-hetero) is 1. The minimum atomic E-state index is -0.252. The highest BCUT2D eigenvalue weighted by Gasteiger charge is 2.41. The van der Waals surface area contributed by atoms with Gasteiger partial charge in [0.1, 0.15) is 5.75 Å². The monoisotopic (exact) mass is 462 g/mol. The summed E-state index contributed by atoms with van der Waals surface area (Å²) >= 11 is 3.59. The lowest BCUT2D eigenvalue weighted by molar-refractivity contribution is -0.118. The Hall–Kier alpha value is -2.66. The summed E-state index contributed by atoms with van der Waals surface area (Å²) in [7, 11) is 1.67. The van der Waals surface area contributed by atoms with E-state index in [-0.39, 0.29) is 17.2 Å². The minimum absolute atomic E-state index is 0.0825. The normalized spacial score (nSPS) is 19.9. The molecule has 5 heteroatoms. The summed E-state index contributed by atoms with van der Waals surface area (Å²) in [4.78, 5) is 18.0. The van der Waals surface area contributed by atoms with Gasteiger partial charge < -0.3 is 10.1 Å². The number of fused-ring (bicyclic) bond motifs is 4. The number of ether oxygens (including phenoxy) is 1. The number of benzene rings is 2. The van der Waals surface area contributed by atoms with Crippen LogP contribution in [0.15, 0.2) is 58.7 Å². The van der Waals surface area contributed by atoms with Crippen molar-refractivity contribution in [2.75, 3.05) is 12.4 Å². The number of anilines is 1. The Kier molecular flexibility index (Phi) is 4.47. The van der Waals surface area contributed by atoms with Gasteiger partial charge in [-0.2, -0.15) is 0 Å². The number of halogens is 1. The molecule has 2 aromatic carbocycles. The molecule has 1 N–H and O–H groups in total. The van der Waals surface area contributed by atoms with Crippen molar-refractivity contribution >= 4 is 43.9 Å². The standard InChI is InChI=1S/C25H23BrN2O2/c1-25(2)12-17-22-15-5-4-10-27-18(15)7-8-19(22)28-24(23(17)20(29)13-25)16-11-14(26)6-9-21(16)30-3/h4-11,24,28H,12-13H2,1-3H3. The number of methoxy groups -OCH3 is 1. The number of rotatable bonds is 2. The van der Waals surface area contributed by atoms with Gasteiger partial charge in [-0.25, -0.2) is 0 Å². The van der Waals surface area contributed by atoms with Gasteiger partial charge in [-0.05, 0) is 53.8 Å². The number of hydrogen-bond acceptors (Lipinski definition) is 4. The Morgan fingerprint density at radius 1 is 1.17 bits per heavy atom. The van der Waals surface area contributed by atoms with Gasteiger partial charge in [0.15, 0.2) is 5.78 Å². The molecule has 1 atom stereocenters. The first-order valence-electron chi connectivity index (χ1n) is 10.1. The molecule has 5 rings (SSSR count). The highest BCUT2D eigenvalue weighted by atomic mass is 79.9. The smallest absolute Gasteiger partial charge is 0.162 e. The third kappa shape index (κ3) is 3.03. The maximum Gasteiger partial charge on any atom is 0.162 e. The first-order valence-corrected chi connectivity index (χ1v) is 10.9. The second-order valence-corrected chi connectivity index (χ2v) is 9.77. The van der Waals surface area contributed by atoms with Gasteiger partial charge in [0, 0.05) is 44.9 Å².